The maximum atomic E-state index is 13.7. The first kappa shape index (κ1) is 24.0. The monoisotopic (exact) mass is 499 g/mol. The average Bonchev–Trinajstić information content (AvgIpc) is 3.29. The van der Waals surface area contributed by atoms with E-state index in [0.29, 0.717) is 29.8 Å². The van der Waals surface area contributed by atoms with Crippen molar-refractivity contribution in [2.24, 2.45) is 0 Å². The number of rotatable bonds is 5. The number of ketones is 1. The smallest absolute Gasteiger partial charge is 0.255 e. The van der Waals surface area contributed by atoms with Crippen LogP contribution in [0.1, 0.15) is 53.2 Å². The van der Waals surface area contributed by atoms with Gasteiger partial charge >= 0.3 is 0 Å². The van der Waals surface area contributed by atoms with Gasteiger partial charge in [-0.2, -0.15) is 0 Å². The SMILES string of the molecule is COc1ccc(C2CC(=O)C3=C(C2)NC(C)=C(C(=O)Nc2ccc(C)cn2)C3c2sccc2C)cc1. The minimum Gasteiger partial charge on any atom is -0.497 e. The first-order chi connectivity index (χ1) is 17.4. The third-order valence-electron chi connectivity index (χ3n) is 6.98. The number of aryl methyl sites for hydroxylation is 2. The molecule has 36 heavy (non-hydrogen) atoms. The fraction of sp³-hybridized carbons (Fsp3) is 0.276. The number of pyridine rings is 1. The molecule has 2 N–H and O–H groups in total. The molecule has 184 valence electrons. The van der Waals surface area contributed by atoms with Crippen molar-refractivity contribution < 1.29 is 14.3 Å². The zero-order chi connectivity index (χ0) is 25.4. The van der Waals surface area contributed by atoms with Gasteiger partial charge in [-0.05, 0) is 79.4 Å². The van der Waals surface area contributed by atoms with Gasteiger partial charge in [-0.15, -0.1) is 11.3 Å². The molecular formula is C29H29N3O3S. The number of dihydropyridines is 1. The van der Waals surface area contributed by atoms with Crippen LogP contribution in [-0.2, 0) is 9.59 Å². The summed E-state index contributed by atoms with van der Waals surface area (Å²) in [5.74, 6) is 0.777. The van der Waals surface area contributed by atoms with Crippen LogP contribution in [0.2, 0.25) is 0 Å². The van der Waals surface area contributed by atoms with E-state index in [9.17, 15) is 9.59 Å². The molecule has 5 rings (SSSR count). The van der Waals surface area contributed by atoms with Crippen LogP contribution in [0.3, 0.4) is 0 Å². The molecule has 0 saturated heterocycles. The van der Waals surface area contributed by atoms with Crippen LogP contribution >= 0.6 is 11.3 Å². The molecule has 1 aromatic carbocycles. The molecule has 2 aliphatic rings. The van der Waals surface area contributed by atoms with E-state index >= 15 is 0 Å². The Balaban J connectivity index is 1.52. The minimum absolute atomic E-state index is 0.0691. The first-order valence-electron chi connectivity index (χ1n) is 12.0. The van der Waals surface area contributed by atoms with Crippen molar-refractivity contribution >= 4 is 28.8 Å². The third-order valence-corrected chi connectivity index (χ3v) is 8.06. The lowest BCUT2D eigenvalue weighted by Gasteiger charge is -2.36. The number of ether oxygens (including phenoxy) is 1. The van der Waals surface area contributed by atoms with Gasteiger partial charge in [0.25, 0.3) is 5.91 Å². The van der Waals surface area contributed by atoms with Gasteiger partial charge in [-0.1, -0.05) is 18.2 Å². The number of aromatic nitrogens is 1. The number of hydrogen-bond donors (Lipinski definition) is 2. The number of carbonyl (C=O) groups excluding carboxylic acids is 2. The van der Waals surface area contributed by atoms with Crippen molar-refractivity contribution in [1.29, 1.82) is 0 Å². The summed E-state index contributed by atoms with van der Waals surface area (Å²) in [7, 11) is 1.65. The number of amides is 1. The van der Waals surface area contributed by atoms with Crippen LogP contribution in [0.4, 0.5) is 5.82 Å². The molecule has 2 unspecified atom stereocenters. The Hall–Kier alpha value is -3.71. The van der Waals surface area contributed by atoms with E-state index in [1.807, 2.05) is 62.5 Å². The molecule has 0 saturated carbocycles. The van der Waals surface area contributed by atoms with Gasteiger partial charge in [0.15, 0.2) is 5.78 Å². The molecule has 1 amide bonds. The molecule has 6 nitrogen and oxygen atoms in total. The van der Waals surface area contributed by atoms with Crippen LogP contribution < -0.4 is 15.4 Å². The summed E-state index contributed by atoms with van der Waals surface area (Å²) in [4.78, 5) is 32.7. The third kappa shape index (κ3) is 4.46. The van der Waals surface area contributed by atoms with Crippen molar-refractivity contribution in [3.63, 3.8) is 0 Å². The van der Waals surface area contributed by atoms with Crippen molar-refractivity contribution in [2.45, 2.75) is 45.4 Å². The van der Waals surface area contributed by atoms with E-state index in [1.165, 1.54) is 0 Å². The Morgan fingerprint density at radius 1 is 1.08 bits per heavy atom. The van der Waals surface area contributed by atoms with Gasteiger partial charge in [-0.3, -0.25) is 9.59 Å². The van der Waals surface area contributed by atoms with Crippen molar-refractivity contribution in [1.82, 2.24) is 10.3 Å². The lowest BCUT2D eigenvalue weighted by molar-refractivity contribution is -0.116. The fourth-order valence-corrected chi connectivity index (χ4v) is 6.16. The highest BCUT2D eigenvalue weighted by Crippen LogP contribution is 2.47. The molecule has 0 fully saturated rings. The molecule has 0 radical (unpaired) electrons. The van der Waals surface area contributed by atoms with E-state index in [0.717, 1.165) is 38.7 Å². The number of nitrogens with one attached hydrogen (secondary N) is 2. The number of methoxy groups -OCH3 is 1. The van der Waals surface area contributed by atoms with Crippen molar-refractivity contribution in [3.8, 4) is 5.75 Å². The lowest BCUT2D eigenvalue weighted by atomic mass is 9.73. The zero-order valence-electron chi connectivity index (χ0n) is 20.8. The molecule has 3 aromatic rings. The Morgan fingerprint density at radius 3 is 2.50 bits per heavy atom. The summed E-state index contributed by atoms with van der Waals surface area (Å²) in [5.41, 5.74) is 6.15. The summed E-state index contributed by atoms with van der Waals surface area (Å²) in [6.07, 6.45) is 2.84. The number of Topliss-reactive ketones (excluding diaryl/α,β-unsaturated/α-hetero) is 1. The Bertz CT molecular complexity index is 1380. The molecular weight excluding hydrogens is 470 g/mol. The number of carbonyl (C=O) groups is 2. The van der Waals surface area contributed by atoms with E-state index in [2.05, 4.69) is 15.6 Å². The number of nitrogens with zero attached hydrogens (tertiary/aromatic N) is 1. The number of benzene rings is 1. The second kappa shape index (κ2) is 9.74. The Labute approximate surface area is 215 Å². The highest BCUT2D eigenvalue weighted by atomic mass is 32.1. The average molecular weight is 500 g/mol. The normalized spacial score (nSPS) is 19.6. The zero-order valence-corrected chi connectivity index (χ0v) is 21.7. The van der Waals surface area contributed by atoms with Crippen LogP contribution in [-0.4, -0.2) is 23.8 Å². The molecule has 3 heterocycles. The van der Waals surface area contributed by atoms with Crippen molar-refractivity contribution in [3.05, 3.63) is 98.1 Å². The van der Waals surface area contributed by atoms with E-state index in [-0.39, 0.29) is 17.6 Å². The van der Waals surface area contributed by atoms with E-state index < -0.39 is 5.92 Å². The minimum atomic E-state index is -0.406. The van der Waals surface area contributed by atoms with Crippen LogP contribution in [0.15, 0.2) is 76.6 Å². The number of hydrogen-bond acceptors (Lipinski definition) is 6. The van der Waals surface area contributed by atoms with Gasteiger partial charge in [0, 0.05) is 40.0 Å². The van der Waals surface area contributed by atoms with Gasteiger partial charge in [0.1, 0.15) is 11.6 Å². The maximum Gasteiger partial charge on any atom is 0.255 e. The topological polar surface area (TPSA) is 80.3 Å². The molecule has 2 aromatic heterocycles. The molecule has 7 heteroatoms. The summed E-state index contributed by atoms with van der Waals surface area (Å²) in [6.45, 7) is 5.90. The molecule has 0 bridgehead atoms. The van der Waals surface area contributed by atoms with Crippen molar-refractivity contribution in [2.75, 3.05) is 12.4 Å². The maximum absolute atomic E-state index is 13.7. The second-order valence-corrected chi connectivity index (χ2v) is 10.4. The quantitative estimate of drug-likeness (QED) is 0.466. The largest absolute Gasteiger partial charge is 0.497 e. The summed E-state index contributed by atoms with van der Waals surface area (Å²) >= 11 is 1.59. The highest BCUT2D eigenvalue weighted by molar-refractivity contribution is 7.10. The van der Waals surface area contributed by atoms with E-state index in [1.54, 1.807) is 30.7 Å². The standard InChI is InChI=1S/C29H29N3O3S/c1-16-5-10-24(30-15-16)32-29(34)25-18(3)31-22-13-20(19-6-8-21(35-4)9-7-19)14-23(33)26(22)27(25)28-17(2)11-12-36-28/h5-12,15,20,27,31H,13-14H2,1-4H3,(H,30,32,34). The molecule has 2 atom stereocenters. The summed E-state index contributed by atoms with van der Waals surface area (Å²) < 4.78 is 5.29. The lowest BCUT2D eigenvalue weighted by Crippen LogP contribution is -2.37. The molecule has 1 aliphatic heterocycles. The second-order valence-electron chi connectivity index (χ2n) is 9.43. The number of thiophene rings is 1. The van der Waals surface area contributed by atoms with Crippen LogP contribution in [0.5, 0.6) is 5.75 Å². The highest BCUT2D eigenvalue weighted by Gasteiger charge is 2.41. The number of allylic oxidation sites excluding steroid dienone is 3. The van der Waals surface area contributed by atoms with Crippen LogP contribution in [0.25, 0.3) is 0 Å². The Kier molecular flexibility index (Phi) is 6.49. The van der Waals surface area contributed by atoms with Gasteiger partial charge in [0.05, 0.1) is 13.0 Å². The molecule has 1 aliphatic carbocycles. The van der Waals surface area contributed by atoms with E-state index in [4.69, 9.17) is 4.74 Å². The predicted molar refractivity (Wildman–Crippen MR) is 142 cm³/mol. The number of anilines is 1. The van der Waals surface area contributed by atoms with Crippen LogP contribution in [0, 0.1) is 13.8 Å². The predicted octanol–water partition coefficient (Wildman–Crippen LogP) is 5.77. The van der Waals surface area contributed by atoms with Gasteiger partial charge in [-0.25, -0.2) is 4.98 Å². The molecule has 0 spiro atoms. The first-order valence-corrected chi connectivity index (χ1v) is 12.9. The summed E-state index contributed by atoms with van der Waals surface area (Å²) in [6, 6.07) is 13.7. The van der Waals surface area contributed by atoms with Gasteiger partial charge < -0.3 is 15.4 Å². The Morgan fingerprint density at radius 2 is 1.86 bits per heavy atom. The summed E-state index contributed by atoms with van der Waals surface area (Å²) in [5, 5.41) is 8.41. The fourth-order valence-electron chi connectivity index (χ4n) is 5.12. The van der Waals surface area contributed by atoms with Gasteiger partial charge in [0.2, 0.25) is 0 Å².